The van der Waals surface area contributed by atoms with Crippen molar-refractivity contribution in [3.63, 3.8) is 0 Å². The molecule has 7 nitrogen and oxygen atoms in total. The average molecular weight is 369 g/mol. The first kappa shape index (κ1) is 19.1. The molecule has 0 bridgehead atoms. The lowest BCUT2D eigenvalue weighted by Gasteiger charge is -2.43. The molecule has 7 heteroatoms. The number of carbonyl (C=O) groups is 1. The maximum Gasteiger partial charge on any atom is 0.247 e. The highest BCUT2D eigenvalue weighted by Gasteiger charge is 2.42. The van der Waals surface area contributed by atoms with E-state index in [4.69, 9.17) is 4.74 Å². The van der Waals surface area contributed by atoms with Crippen molar-refractivity contribution in [3.05, 3.63) is 48.2 Å². The molecule has 3 rings (SSSR count). The first-order valence-corrected chi connectivity index (χ1v) is 9.29. The zero-order valence-corrected chi connectivity index (χ0v) is 15.9. The summed E-state index contributed by atoms with van der Waals surface area (Å²) < 4.78 is 5.07. The highest BCUT2D eigenvalue weighted by Crippen LogP contribution is 2.28. The first-order chi connectivity index (χ1) is 13.1. The standard InChI is InChI=1S/C20H27N5O2/c1-16-9-10-18(24-23-16)25-13-6-11-20(15-25,19(26)21-12-14-27-2)22-17-7-4-3-5-8-17/h3-5,7-10,22H,6,11-15H2,1-2H3,(H,21,26). The van der Waals surface area contributed by atoms with Crippen LogP contribution in [0.4, 0.5) is 11.5 Å². The van der Waals surface area contributed by atoms with Crippen LogP contribution in [0.1, 0.15) is 18.5 Å². The Labute approximate surface area is 160 Å². The van der Waals surface area contributed by atoms with Gasteiger partial charge in [0.15, 0.2) is 5.82 Å². The molecular weight excluding hydrogens is 342 g/mol. The monoisotopic (exact) mass is 369 g/mol. The SMILES string of the molecule is COCCNC(=O)C1(Nc2ccccc2)CCCN(c2ccc(C)nn2)C1. The van der Waals surface area contributed by atoms with E-state index in [2.05, 4.69) is 25.7 Å². The van der Waals surface area contributed by atoms with E-state index in [1.54, 1.807) is 7.11 Å². The molecule has 1 atom stereocenters. The predicted octanol–water partition coefficient (Wildman–Crippen LogP) is 2.00. The lowest BCUT2D eigenvalue weighted by Crippen LogP contribution is -2.62. The zero-order valence-electron chi connectivity index (χ0n) is 15.9. The van der Waals surface area contributed by atoms with Gasteiger partial charge in [-0.05, 0) is 44.0 Å². The number of anilines is 2. The van der Waals surface area contributed by atoms with Crippen LogP contribution in [0.3, 0.4) is 0 Å². The highest BCUT2D eigenvalue weighted by molar-refractivity contribution is 5.90. The van der Waals surface area contributed by atoms with Gasteiger partial charge in [-0.15, -0.1) is 5.10 Å². The Morgan fingerprint density at radius 1 is 1.22 bits per heavy atom. The van der Waals surface area contributed by atoms with E-state index < -0.39 is 5.54 Å². The van der Waals surface area contributed by atoms with Gasteiger partial charge >= 0.3 is 0 Å². The Bertz CT molecular complexity index is 738. The molecule has 0 saturated carbocycles. The molecule has 2 aromatic rings. The maximum atomic E-state index is 13.1. The Kier molecular flexibility index (Phi) is 6.24. The van der Waals surface area contributed by atoms with Gasteiger partial charge in [-0.3, -0.25) is 4.79 Å². The van der Waals surface area contributed by atoms with Gasteiger partial charge < -0.3 is 20.3 Å². The second kappa shape index (κ2) is 8.81. The van der Waals surface area contributed by atoms with Crippen LogP contribution < -0.4 is 15.5 Å². The average Bonchev–Trinajstić information content (AvgIpc) is 2.69. The second-order valence-corrected chi connectivity index (χ2v) is 6.88. The fourth-order valence-electron chi connectivity index (χ4n) is 3.39. The van der Waals surface area contributed by atoms with Gasteiger partial charge in [0, 0.05) is 25.9 Å². The lowest BCUT2D eigenvalue weighted by molar-refractivity contribution is -0.126. The van der Waals surface area contributed by atoms with Crippen LogP contribution in [0.15, 0.2) is 42.5 Å². The third kappa shape index (κ3) is 4.74. The number of piperidine rings is 1. The van der Waals surface area contributed by atoms with Crippen LogP contribution in [-0.4, -0.2) is 55.0 Å². The number of rotatable bonds is 7. The summed E-state index contributed by atoms with van der Waals surface area (Å²) in [6.07, 6.45) is 1.63. The quantitative estimate of drug-likeness (QED) is 0.727. The van der Waals surface area contributed by atoms with Crippen molar-refractivity contribution in [1.82, 2.24) is 15.5 Å². The molecular formula is C20H27N5O2. The minimum Gasteiger partial charge on any atom is -0.383 e. The van der Waals surface area contributed by atoms with Gasteiger partial charge in [-0.2, -0.15) is 5.10 Å². The molecule has 1 aliphatic heterocycles. The van der Waals surface area contributed by atoms with E-state index in [1.165, 1.54) is 0 Å². The largest absolute Gasteiger partial charge is 0.383 e. The maximum absolute atomic E-state index is 13.1. The molecule has 2 N–H and O–H groups in total. The summed E-state index contributed by atoms with van der Waals surface area (Å²) in [6.45, 7) is 4.26. The molecule has 2 heterocycles. The highest BCUT2D eigenvalue weighted by atomic mass is 16.5. The van der Waals surface area contributed by atoms with Crippen LogP contribution in [0.2, 0.25) is 0 Å². The van der Waals surface area contributed by atoms with Gasteiger partial charge in [0.1, 0.15) is 5.54 Å². The van der Waals surface area contributed by atoms with Gasteiger partial charge in [0.25, 0.3) is 0 Å². The number of hydrogen-bond donors (Lipinski definition) is 2. The van der Waals surface area contributed by atoms with Gasteiger partial charge in [0.05, 0.1) is 18.8 Å². The molecule has 1 aromatic carbocycles. The Morgan fingerprint density at radius 2 is 2.04 bits per heavy atom. The molecule has 27 heavy (non-hydrogen) atoms. The van der Waals surface area contributed by atoms with Crippen molar-refractivity contribution in [3.8, 4) is 0 Å². The van der Waals surface area contributed by atoms with Crippen LogP contribution in [-0.2, 0) is 9.53 Å². The van der Waals surface area contributed by atoms with Crippen LogP contribution in [0.25, 0.3) is 0 Å². The zero-order chi connectivity index (χ0) is 19.1. The van der Waals surface area contributed by atoms with E-state index in [0.717, 1.165) is 36.6 Å². The first-order valence-electron chi connectivity index (χ1n) is 9.29. The van der Waals surface area contributed by atoms with Gasteiger partial charge in [0.2, 0.25) is 5.91 Å². The second-order valence-electron chi connectivity index (χ2n) is 6.88. The molecule has 1 aromatic heterocycles. The van der Waals surface area contributed by atoms with Crippen molar-refractivity contribution in [2.75, 3.05) is 43.6 Å². The molecule has 144 valence electrons. The van der Waals surface area contributed by atoms with Crippen molar-refractivity contribution < 1.29 is 9.53 Å². The number of para-hydroxylation sites is 1. The Hall–Kier alpha value is -2.67. The minimum absolute atomic E-state index is 0.0202. The molecule has 0 aliphatic carbocycles. The predicted molar refractivity (Wildman–Crippen MR) is 106 cm³/mol. The minimum atomic E-state index is -0.736. The molecule has 1 unspecified atom stereocenters. The normalized spacial score (nSPS) is 19.6. The van der Waals surface area contributed by atoms with E-state index in [9.17, 15) is 4.79 Å². The number of nitrogens with one attached hydrogen (secondary N) is 2. The smallest absolute Gasteiger partial charge is 0.247 e. The van der Waals surface area contributed by atoms with Crippen molar-refractivity contribution in [2.45, 2.75) is 25.3 Å². The molecule has 0 spiro atoms. The summed E-state index contributed by atoms with van der Waals surface area (Å²) in [4.78, 5) is 15.3. The number of hydrogen-bond acceptors (Lipinski definition) is 6. The molecule has 1 fully saturated rings. The summed E-state index contributed by atoms with van der Waals surface area (Å²) in [5.74, 6) is 0.775. The van der Waals surface area contributed by atoms with Gasteiger partial charge in [-0.1, -0.05) is 18.2 Å². The summed E-state index contributed by atoms with van der Waals surface area (Å²) >= 11 is 0. The van der Waals surface area contributed by atoms with E-state index in [0.29, 0.717) is 19.7 Å². The summed E-state index contributed by atoms with van der Waals surface area (Å²) in [5.41, 5.74) is 1.07. The fourth-order valence-corrected chi connectivity index (χ4v) is 3.39. The van der Waals surface area contributed by atoms with Gasteiger partial charge in [-0.25, -0.2) is 0 Å². The Morgan fingerprint density at radius 3 is 2.74 bits per heavy atom. The van der Waals surface area contributed by atoms with Crippen molar-refractivity contribution in [1.29, 1.82) is 0 Å². The number of aromatic nitrogens is 2. The van der Waals surface area contributed by atoms with Crippen molar-refractivity contribution in [2.24, 2.45) is 0 Å². The lowest BCUT2D eigenvalue weighted by atomic mass is 9.87. The molecule has 1 saturated heterocycles. The fraction of sp³-hybridized carbons (Fsp3) is 0.450. The number of benzene rings is 1. The van der Waals surface area contributed by atoms with E-state index >= 15 is 0 Å². The Balaban J connectivity index is 1.83. The summed E-state index contributed by atoms with van der Waals surface area (Å²) in [7, 11) is 1.63. The molecule has 0 radical (unpaired) electrons. The molecule has 1 aliphatic rings. The number of nitrogens with zero attached hydrogens (tertiary/aromatic N) is 3. The number of ether oxygens (including phenoxy) is 1. The number of aryl methyl sites for hydroxylation is 1. The number of carbonyl (C=O) groups excluding carboxylic acids is 1. The van der Waals surface area contributed by atoms with Crippen LogP contribution >= 0.6 is 0 Å². The summed E-state index contributed by atoms with van der Waals surface area (Å²) in [6, 6.07) is 13.8. The number of amides is 1. The van der Waals surface area contributed by atoms with Crippen molar-refractivity contribution >= 4 is 17.4 Å². The summed E-state index contributed by atoms with van der Waals surface area (Å²) in [5, 5.41) is 15.0. The molecule has 1 amide bonds. The third-order valence-corrected chi connectivity index (χ3v) is 4.78. The third-order valence-electron chi connectivity index (χ3n) is 4.78. The van der Waals surface area contributed by atoms with E-state index in [1.807, 2.05) is 49.4 Å². The van der Waals surface area contributed by atoms with E-state index in [-0.39, 0.29) is 5.91 Å². The number of methoxy groups -OCH3 is 1. The van der Waals surface area contributed by atoms with Crippen LogP contribution in [0.5, 0.6) is 0 Å². The van der Waals surface area contributed by atoms with Crippen LogP contribution in [0, 0.1) is 6.92 Å². The topological polar surface area (TPSA) is 79.4 Å².